The molecule has 4 nitrogen and oxygen atoms in total. The molecule has 0 heterocycles. The summed E-state index contributed by atoms with van der Waals surface area (Å²) in [5, 5.41) is 8.49. The number of carbonyl (C=O) groups excluding carboxylic acids is 1. The minimum Gasteiger partial charge on any atom is -0.338 e. The summed E-state index contributed by atoms with van der Waals surface area (Å²) < 4.78 is 0. The van der Waals surface area contributed by atoms with Gasteiger partial charge in [-0.2, -0.15) is 5.26 Å². The van der Waals surface area contributed by atoms with Gasteiger partial charge in [0.25, 0.3) is 0 Å². The molecular formula is C11H19N3O. The van der Waals surface area contributed by atoms with Gasteiger partial charge >= 0.3 is 0 Å². The van der Waals surface area contributed by atoms with Crippen molar-refractivity contribution in [1.82, 2.24) is 4.90 Å². The minimum absolute atomic E-state index is 0.0710. The van der Waals surface area contributed by atoms with E-state index in [1.54, 1.807) is 11.0 Å². The van der Waals surface area contributed by atoms with E-state index < -0.39 is 6.04 Å². The van der Waals surface area contributed by atoms with Crippen LogP contribution in [0.15, 0.2) is 12.7 Å². The van der Waals surface area contributed by atoms with Crippen LogP contribution in [0.5, 0.6) is 0 Å². The molecule has 0 bridgehead atoms. The number of carbonyl (C=O) groups is 1. The molecule has 0 saturated carbocycles. The summed E-state index contributed by atoms with van der Waals surface area (Å²) in [6, 6.07) is 1.56. The summed E-state index contributed by atoms with van der Waals surface area (Å²) in [6.45, 7) is 7.81. The third kappa shape index (κ3) is 4.61. The Morgan fingerprint density at radius 1 is 1.67 bits per heavy atom. The fraction of sp³-hybridized carbons (Fsp3) is 0.636. The highest BCUT2D eigenvalue weighted by atomic mass is 16.2. The Balaban J connectivity index is 4.41. The predicted octanol–water partition coefficient (Wildman–Crippen LogP) is 1.04. The Kier molecular flexibility index (Phi) is 6.39. The number of hydrogen-bond donors (Lipinski definition) is 1. The summed E-state index contributed by atoms with van der Waals surface area (Å²) in [4.78, 5) is 13.5. The molecule has 15 heavy (non-hydrogen) atoms. The van der Waals surface area contributed by atoms with Crippen LogP contribution >= 0.6 is 0 Å². The first-order chi connectivity index (χ1) is 7.04. The molecule has 0 aromatic heterocycles. The summed E-state index contributed by atoms with van der Waals surface area (Å²) in [5.41, 5.74) is 5.69. The van der Waals surface area contributed by atoms with Crippen molar-refractivity contribution in [3.8, 4) is 6.07 Å². The summed E-state index contributed by atoms with van der Waals surface area (Å²) in [5.74, 6) is -0.111. The van der Waals surface area contributed by atoms with Gasteiger partial charge in [0.05, 0.1) is 18.5 Å². The van der Waals surface area contributed by atoms with Gasteiger partial charge in [-0.3, -0.25) is 4.79 Å². The first kappa shape index (κ1) is 13.7. The lowest BCUT2D eigenvalue weighted by Crippen LogP contribution is -2.47. The van der Waals surface area contributed by atoms with Crippen molar-refractivity contribution < 1.29 is 4.79 Å². The molecule has 0 aromatic rings. The van der Waals surface area contributed by atoms with Crippen LogP contribution in [0.4, 0.5) is 0 Å². The first-order valence-electron chi connectivity index (χ1n) is 5.08. The summed E-state index contributed by atoms with van der Waals surface area (Å²) in [7, 11) is 0. The number of rotatable bonds is 6. The van der Waals surface area contributed by atoms with E-state index in [0.717, 1.165) is 0 Å². The number of nitrogens with two attached hydrogens (primary N) is 1. The van der Waals surface area contributed by atoms with Gasteiger partial charge in [0.1, 0.15) is 0 Å². The lowest BCUT2D eigenvalue weighted by Gasteiger charge is -2.28. The zero-order valence-corrected chi connectivity index (χ0v) is 9.44. The Labute approximate surface area is 91.4 Å². The van der Waals surface area contributed by atoms with Crippen LogP contribution < -0.4 is 5.73 Å². The Hall–Kier alpha value is -1.34. The van der Waals surface area contributed by atoms with Crippen molar-refractivity contribution in [1.29, 1.82) is 5.26 Å². The van der Waals surface area contributed by atoms with Gasteiger partial charge in [0, 0.05) is 12.6 Å². The second-order valence-electron chi connectivity index (χ2n) is 3.66. The van der Waals surface area contributed by atoms with Gasteiger partial charge in [-0.05, 0) is 20.3 Å². The molecule has 84 valence electrons. The molecule has 0 aliphatic carbocycles. The Bertz CT molecular complexity index is 255. The predicted molar refractivity (Wildman–Crippen MR) is 59.9 cm³/mol. The molecule has 0 fully saturated rings. The topological polar surface area (TPSA) is 70.1 Å². The van der Waals surface area contributed by atoms with E-state index in [4.69, 9.17) is 11.0 Å². The highest BCUT2D eigenvalue weighted by Gasteiger charge is 2.21. The van der Waals surface area contributed by atoms with E-state index in [1.165, 1.54) is 0 Å². The smallest absolute Gasteiger partial charge is 0.240 e. The van der Waals surface area contributed by atoms with Gasteiger partial charge < -0.3 is 10.6 Å². The second kappa shape index (κ2) is 7.02. The lowest BCUT2D eigenvalue weighted by molar-refractivity contribution is -0.134. The number of amides is 1. The highest BCUT2D eigenvalue weighted by Crippen LogP contribution is 2.04. The number of nitriles is 1. The van der Waals surface area contributed by atoms with Crippen LogP contribution in [-0.2, 0) is 4.79 Å². The molecule has 1 atom stereocenters. The molecule has 0 aromatic carbocycles. The van der Waals surface area contributed by atoms with E-state index >= 15 is 0 Å². The zero-order chi connectivity index (χ0) is 11.8. The molecule has 1 amide bonds. The van der Waals surface area contributed by atoms with Crippen LogP contribution in [0.2, 0.25) is 0 Å². The Morgan fingerprint density at radius 3 is 2.67 bits per heavy atom. The van der Waals surface area contributed by atoms with Crippen molar-refractivity contribution in [3.05, 3.63) is 12.7 Å². The maximum absolute atomic E-state index is 11.8. The lowest BCUT2D eigenvalue weighted by atomic mass is 10.1. The monoisotopic (exact) mass is 209 g/mol. The maximum atomic E-state index is 11.8. The third-order valence-corrected chi connectivity index (χ3v) is 2.11. The molecule has 0 aliphatic rings. The van der Waals surface area contributed by atoms with Crippen molar-refractivity contribution in [2.75, 3.05) is 6.54 Å². The van der Waals surface area contributed by atoms with E-state index in [1.807, 2.05) is 19.9 Å². The SMILES string of the molecule is C=CCC(N)C(=O)N(CCC#N)C(C)C. The van der Waals surface area contributed by atoms with Gasteiger partial charge in [-0.25, -0.2) is 0 Å². The van der Waals surface area contributed by atoms with Crippen molar-refractivity contribution in [3.63, 3.8) is 0 Å². The minimum atomic E-state index is -0.538. The molecular weight excluding hydrogens is 190 g/mol. The fourth-order valence-corrected chi connectivity index (χ4v) is 1.29. The van der Waals surface area contributed by atoms with Crippen molar-refractivity contribution in [2.45, 2.75) is 38.8 Å². The second-order valence-corrected chi connectivity index (χ2v) is 3.66. The Morgan fingerprint density at radius 2 is 2.27 bits per heavy atom. The van der Waals surface area contributed by atoms with E-state index in [0.29, 0.717) is 19.4 Å². The average Bonchev–Trinajstić information content (AvgIpc) is 2.18. The maximum Gasteiger partial charge on any atom is 0.240 e. The summed E-state index contributed by atoms with van der Waals surface area (Å²) in [6.07, 6.45) is 2.44. The highest BCUT2D eigenvalue weighted by molar-refractivity contribution is 5.82. The molecule has 0 rings (SSSR count). The first-order valence-corrected chi connectivity index (χ1v) is 5.08. The number of hydrogen-bond acceptors (Lipinski definition) is 3. The normalized spacial score (nSPS) is 11.9. The summed E-state index contributed by atoms with van der Waals surface area (Å²) >= 11 is 0. The average molecular weight is 209 g/mol. The molecule has 0 aliphatic heterocycles. The van der Waals surface area contributed by atoms with Crippen molar-refractivity contribution >= 4 is 5.91 Å². The van der Waals surface area contributed by atoms with Crippen LogP contribution in [0.3, 0.4) is 0 Å². The van der Waals surface area contributed by atoms with Crippen molar-refractivity contribution in [2.24, 2.45) is 5.73 Å². The van der Waals surface area contributed by atoms with E-state index in [9.17, 15) is 4.79 Å². The molecule has 0 spiro atoms. The van der Waals surface area contributed by atoms with Crippen LogP contribution in [-0.4, -0.2) is 29.4 Å². The third-order valence-electron chi connectivity index (χ3n) is 2.11. The van der Waals surface area contributed by atoms with Gasteiger partial charge in [-0.15, -0.1) is 6.58 Å². The standard InChI is InChI=1S/C11H19N3O/c1-4-6-10(13)11(15)14(9(2)3)8-5-7-12/h4,9-10H,1,5-6,8,13H2,2-3H3. The van der Waals surface area contributed by atoms with Gasteiger partial charge in [-0.1, -0.05) is 6.08 Å². The van der Waals surface area contributed by atoms with Crippen LogP contribution in [0, 0.1) is 11.3 Å². The quantitative estimate of drug-likeness (QED) is 0.664. The zero-order valence-electron chi connectivity index (χ0n) is 9.44. The fourth-order valence-electron chi connectivity index (χ4n) is 1.29. The molecule has 4 heteroatoms. The molecule has 0 radical (unpaired) electrons. The van der Waals surface area contributed by atoms with Gasteiger partial charge in [0.2, 0.25) is 5.91 Å². The number of nitrogens with zero attached hydrogens (tertiary/aromatic N) is 2. The molecule has 2 N–H and O–H groups in total. The van der Waals surface area contributed by atoms with E-state index in [-0.39, 0.29) is 11.9 Å². The van der Waals surface area contributed by atoms with Crippen LogP contribution in [0.25, 0.3) is 0 Å². The van der Waals surface area contributed by atoms with Gasteiger partial charge in [0.15, 0.2) is 0 Å². The molecule has 0 saturated heterocycles. The largest absolute Gasteiger partial charge is 0.338 e. The van der Waals surface area contributed by atoms with E-state index in [2.05, 4.69) is 6.58 Å². The van der Waals surface area contributed by atoms with Crippen LogP contribution in [0.1, 0.15) is 26.7 Å². The molecule has 1 unspecified atom stereocenters.